The lowest BCUT2D eigenvalue weighted by atomic mass is 10.2. The van der Waals surface area contributed by atoms with Gasteiger partial charge in [-0.25, -0.2) is 4.79 Å². The normalized spacial score (nSPS) is 10.2. The predicted molar refractivity (Wildman–Crippen MR) is 61.2 cm³/mol. The number of carboxylic acid groups (broad SMARTS) is 1. The monoisotopic (exact) mass is 232 g/mol. The molecule has 4 heteroatoms. The number of hydrogen-bond acceptors (Lipinski definition) is 3. The number of hydrogen-bond donors (Lipinski definition) is 1. The number of ether oxygens (including phenoxy) is 1. The first-order valence-electron chi connectivity index (χ1n) is 5.16. The highest BCUT2D eigenvalue weighted by molar-refractivity contribution is 5.84. The maximum absolute atomic E-state index is 10.6. The van der Waals surface area contributed by atoms with Crippen LogP contribution in [0.25, 0.3) is 0 Å². The van der Waals surface area contributed by atoms with Crippen molar-refractivity contribution in [1.82, 2.24) is 0 Å². The highest BCUT2D eigenvalue weighted by Crippen LogP contribution is 2.15. The highest BCUT2D eigenvalue weighted by Gasteiger charge is 2.08. The van der Waals surface area contributed by atoms with Gasteiger partial charge in [0, 0.05) is 0 Å². The summed E-state index contributed by atoms with van der Waals surface area (Å²) in [6.45, 7) is 2.21. The topological polar surface area (TPSA) is 59.7 Å². The zero-order valence-electron chi connectivity index (χ0n) is 9.34. The van der Waals surface area contributed by atoms with E-state index in [9.17, 15) is 4.79 Å². The fraction of sp³-hybridized carbons (Fsp3) is 0.154. The molecule has 0 fully saturated rings. The Morgan fingerprint density at radius 2 is 1.94 bits per heavy atom. The van der Waals surface area contributed by atoms with E-state index in [0.717, 1.165) is 11.3 Å². The lowest BCUT2D eigenvalue weighted by Gasteiger charge is -2.03. The Bertz CT molecular complexity index is 510. The smallest absolute Gasteiger partial charge is 0.371 e. The molecule has 0 unspecified atom stereocenters. The molecule has 2 rings (SSSR count). The van der Waals surface area contributed by atoms with Gasteiger partial charge in [0.25, 0.3) is 0 Å². The van der Waals surface area contributed by atoms with Crippen molar-refractivity contribution in [3.63, 3.8) is 0 Å². The zero-order valence-corrected chi connectivity index (χ0v) is 9.34. The van der Waals surface area contributed by atoms with Crippen molar-refractivity contribution in [2.24, 2.45) is 0 Å². The van der Waals surface area contributed by atoms with Crippen LogP contribution in [0.4, 0.5) is 0 Å². The van der Waals surface area contributed by atoms with E-state index >= 15 is 0 Å². The average molecular weight is 232 g/mol. The van der Waals surface area contributed by atoms with Crippen molar-refractivity contribution >= 4 is 5.97 Å². The third-order valence-corrected chi connectivity index (χ3v) is 2.27. The highest BCUT2D eigenvalue weighted by atomic mass is 16.5. The number of rotatable bonds is 4. The van der Waals surface area contributed by atoms with Gasteiger partial charge >= 0.3 is 5.97 Å². The van der Waals surface area contributed by atoms with E-state index < -0.39 is 5.97 Å². The van der Waals surface area contributed by atoms with E-state index in [1.54, 1.807) is 6.07 Å². The summed E-state index contributed by atoms with van der Waals surface area (Å²) < 4.78 is 10.5. The molecule has 1 N–H and O–H groups in total. The van der Waals surface area contributed by atoms with Crippen LogP contribution in [-0.2, 0) is 6.61 Å². The van der Waals surface area contributed by atoms with Crippen molar-refractivity contribution < 1.29 is 19.1 Å². The number of carboxylic acids is 1. The van der Waals surface area contributed by atoms with Gasteiger partial charge in [-0.1, -0.05) is 17.7 Å². The molecule has 0 amide bonds. The van der Waals surface area contributed by atoms with Crippen LogP contribution in [0.5, 0.6) is 5.75 Å². The van der Waals surface area contributed by atoms with Gasteiger partial charge in [-0.2, -0.15) is 0 Å². The summed E-state index contributed by atoms with van der Waals surface area (Å²) in [5.74, 6) is 0.0611. The SMILES string of the molecule is Cc1ccc(OCc2ccc(C(=O)O)o2)cc1. The average Bonchev–Trinajstić information content (AvgIpc) is 2.77. The minimum atomic E-state index is -1.08. The quantitative estimate of drug-likeness (QED) is 0.880. The summed E-state index contributed by atoms with van der Waals surface area (Å²) in [6, 6.07) is 10.6. The molecular weight excluding hydrogens is 220 g/mol. The summed E-state index contributed by atoms with van der Waals surface area (Å²) in [5.41, 5.74) is 1.16. The van der Waals surface area contributed by atoms with Crippen LogP contribution in [0.15, 0.2) is 40.8 Å². The van der Waals surface area contributed by atoms with Crippen molar-refractivity contribution in [2.45, 2.75) is 13.5 Å². The second kappa shape index (κ2) is 4.74. The van der Waals surface area contributed by atoms with Crippen LogP contribution in [0.1, 0.15) is 21.9 Å². The molecule has 0 radical (unpaired) electrons. The van der Waals surface area contributed by atoms with Crippen molar-refractivity contribution in [2.75, 3.05) is 0 Å². The summed E-state index contributed by atoms with van der Waals surface area (Å²) in [7, 11) is 0. The van der Waals surface area contributed by atoms with Gasteiger partial charge in [-0.15, -0.1) is 0 Å². The minimum Gasteiger partial charge on any atom is -0.486 e. The first-order chi connectivity index (χ1) is 8.15. The largest absolute Gasteiger partial charge is 0.486 e. The molecule has 0 aliphatic heterocycles. The maximum Gasteiger partial charge on any atom is 0.371 e. The number of benzene rings is 1. The molecule has 0 aliphatic rings. The molecule has 0 saturated heterocycles. The van der Waals surface area contributed by atoms with Gasteiger partial charge in [-0.05, 0) is 31.2 Å². The third-order valence-electron chi connectivity index (χ3n) is 2.27. The first kappa shape index (κ1) is 11.3. The summed E-state index contributed by atoms with van der Waals surface area (Å²) >= 11 is 0. The van der Waals surface area contributed by atoms with E-state index in [0.29, 0.717) is 5.76 Å². The Labute approximate surface area is 98.4 Å². The van der Waals surface area contributed by atoms with Crippen LogP contribution in [0, 0.1) is 6.92 Å². The molecule has 17 heavy (non-hydrogen) atoms. The minimum absolute atomic E-state index is 0.0764. The molecule has 88 valence electrons. The fourth-order valence-corrected chi connectivity index (χ4v) is 1.36. The number of furan rings is 1. The fourth-order valence-electron chi connectivity index (χ4n) is 1.36. The Morgan fingerprint density at radius 1 is 1.24 bits per heavy atom. The maximum atomic E-state index is 10.6. The van der Waals surface area contributed by atoms with E-state index in [1.807, 2.05) is 31.2 Å². The van der Waals surface area contributed by atoms with Gasteiger partial charge in [0.2, 0.25) is 5.76 Å². The summed E-state index contributed by atoms with van der Waals surface area (Å²) in [6.07, 6.45) is 0. The second-order valence-corrected chi connectivity index (χ2v) is 3.67. The van der Waals surface area contributed by atoms with Crippen LogP contribution >= 0.6 is 0 Å². The first-order valence-corrected chi connectivity index (χ1v) is 5.16. The van der Waals surface area contributed by atoms with Crippen molar-refractivity contribution in [3.8, 4) is 5.75 Å². The van der Waals surface area contributed by atoms with Gasteiger partial charge in [0.05, 0.1) is 0 Å². The standard InChI is InChI=1S/C13H12O4/c1-9-2-4-10(5-3-9)16-8-11-6-7-12(17-11)13(14)15/h2-7H,8H2,1H3,(H,14,15). The van der Waals surface area contributed by atoms with Crippen LogP contribution in [0.3, 0.4) is 0 Å². The summed E-state index contributed by atoms with van der Waals surface area (Å²) in [5, 5.41) is 8.68. The van der Waals surface area contributed by atoms with Gasteiger partial charge in [0.15, 0.2) is 0 Å². The lowest BCUT2D eigenvalue weighted by molar-refractivity contribution is 0.0658. The van der Waals surface area contributed by atoms with E-state index in [2.05, 4.69) is 0 Å². The number of carbonyl (C=O) groups is 1. The molecule has 0 bridgehead atoms. The number of aromatic carboxylic acids is 1. The van der Waals surface area contributed by atoms with Crippen molar-refractivity contribution in [3.05, 3.63) is 53.5 Å². The van der Waals surface area contributed by atoms with E-state index in [1.165, 1.54) is 6.07 Å². The predicted octanol–water partition coefficient (Wildman–Crippen LogP) is 2.87. The van der Waals surface area contributed by atoms with E-state index in [4.69, 9.17) is 14.3 Å². The molecule has 1 aromatic carbocycles. The van der Waals surface area contributed by atoms with Crippen LogP contribution in [-0.4, -0.2) is 11.1 Å². The van der Waals surface area contributed by atoms with Gasteiger partial charge < -0.3 is 14.3 Å². The molecule has 0 saturated carbocycles. The molecule has 0 atom stereocenters. The number of aryl methyl sites for hydroxylation is 1. The third kappa shape index (κ3) is 2.87. The molecule has 4 nitrogen and oxygen atoms in total. The molecule has 2 aromatic rings. The Hall–Kier alpha value is -2.23. The Kier molecular flexibility index (Phi) is 3.14. The molecular formula is C13H12O4. The Morgan fingerprint density at radius 3 is 2.53 bits per heavy atom. The van der Waals surface area contributed by atoms with Gasteiger partial charge in [-0.3, -0.25) is 0 Å². The second-order valence-electron chi connectivity index (χ2n) is 3.67. The molecule has 0 aliphatic carbocycles. The van der Waals surface area contributed by atoms with Crippen LogP contribution < -0.4 is 4.74 Å². The summed E-state index contributed by atoms with van der Waals surface area (Å²) in [4.78, 5) is 10.6. The van der Waals surface area contributed by atoms with E-state index in [-0.39, 0.29) is 12.4 Å². The molecule has 1 aromatic heterocycles. The lowest BCUT2D eigenvalue weighted by Crippen LogP contribution is -1.95. The van der Waals surface area contributed by atoms with Gasteiger partial charge in [0.1, 0.15) is 18.1 Å². The molecule has 0 spiro atoms. The zero-order chi connectivity index (χ0) is 12.3. The van der Waals surface area contributed by atoms with Crippen LogP contribution in [0.2, 0.25) is 0 Å². The molecule has 1 heterocycles. The Balaban J connectivity index is 1.97. The van der Waals surface area contributed by atoms with Crippen molar-refractivity contribution in [1.29, 1.82) is 0 Å².